The van der Waals surface area contributed by atoms with Crippen molar-refractivity contribution in [1.29, 1.82) is 0 Å². The summed E-state index contributed by atoms with van der Waals surface area (Å²) < 4.78 is 0. The van der Waals surface area contributed by atoms with Gasteiger partial charge in [0, 0.05) is 24.3 Å². The minimum Gasteiger partial charge on any atom is -0.508 e. The van der Waals surface area contributed by atoms with Crippen molar-refractivity contribution >= 4 is 11.6 Å². The maximum atomic E-state index is 13.9. The van der Waals surface area contributed by atoms with E-state index < -0.39 is 0 Å². The third-order valence-electron chi connectivity index (χ3n) is 12.8. The van der Waals surface area contributed by atoms with Crippen molar-refractivity contribution in [2.45, 2.75) is 136 Å². The van der Waals surface area contributed by atoms with Crippen LogP contribution in [-0.2, 0) is 17.6 Å². The van der Waals surface area contributed by atoms with E-state index in [-0.39, 0.29) is 5.92 Å². The zero-order valence-electron chi connectivity index (χ0n) is 29.4. The number of aryl methyl sites for hydroxylation is 3. The van der Waals surface area contributed by atoms with Crippen LogP contribution in [0.5, 0.6) is 5.75 Å². The fraction of sp³-hybridized carbons (Fsp3) is 0.591. The smallest absolute Gasteiger partial charge is 0.165 e. The van der Waals surface area contributed by atoms with Gasteiger partial charge >= 0.3 is 0 Å². The van der Waals surface area contributed by atoms with Crippen LogP contribution in [-0.4, -0.2) is 16.7 Å². The van der Waals surface area contributed by atoms with Gasteiger partial charge in [0.1, 0.15) is 11.5 Å². The van der Waals surface area contributed by atoms with Crippen molar-refractivity contribution in [3.63, 3.8) is 0 Å². The molecule has 0 saturated heterocycles. The van der Waals surface area contributed by atoms with Crippen LogP contribution < -0.4 is 0 Å². The van der Waals surface area contributed by atoms with Gasteiger partial charge in [-0.2, -0.15) is 0 Å². The van der Waals surface area contributed by atoms with Crippen LogP contribution in [0.25, 0.3) is 0 Å². The molecule has 0 amide bonds. The van der Waals surface area contributed by atoms with Crippen LogP contribution in [0, 0.1) is 36.0 Å². The normalized spacial score (nSPS) is 29.9. The standard InChI is InChI=1S/C44H58O3/c1-4-8-32(5-2)33-9-6-21-44(23-19-33)22-7-10-35(20-24-44)43(47)38-18-17-34-15-12-31(13-16-36(34)26-38)25-40(45)27-39-28-41(39)37-14-11-30(3)42(46)29-37/h4-5,8,11,14,17-18,26,29,31,33,35,39,41,46H,6-7,9-10,12-13,15-16,19-25,27-28H2,1-3H3. The lowest BCUT2D eigenvalue weighted by Crippen LogP contribution is -2.20. The van der Waals surface area contributed by atoms with Gasteiger partial charge in [0.05, 0.1) is 0 Å². The van der Waals surface area contributed by atoms with Crippen LogP contribution in [0.2, 0.25) is 0 Å². The quantitative estimate of drug-likeness (QED) is 0.170. The number of benzene rings is 2. The summed E-state index contributed by atoms with van der Waals surface area (Å²) >= 11 is 0. The van der Waals surface area contributed by atoms with Gasteiger partial charge in [-0.15, -0.1) is 0 Å². The highest BCUT2D eigenvalue weighted by Gasteiger charge is 2.40. The largest absolute Gasteiger partial charge is 0.508 e. The molecule has 2 aromatic carbocycles. The van der Waals surface area contributed by atoms with Gasteiger partial charge < -0.3 is 5.11 Å². The number of phenols is 1. The van der Waals surface area contributed by atoms with E-state index in [1.807, 2.05) is 19.1 Å². The molecular formula is C44H58O3. The second kappa shape index (κ2) is 15.1. The maximum Gasteiger partial charge on any atom is 0.165 e. The van der Waals surface area contributed by atoms with E-state index in [2.05, 4.69) is 56.3 Å². The number of phenolic OH excluding ortho intramolecular Hbond substituents is 1. The summed E-state index contributed by atoms with van der Waals surface area (Å²) in [5.41, 5.74) is 7.66. The van der Waals surface area contributed by atoms with E-state index in [4.69, 9.17) is 0 Å². The zero-order valence-corrected chi connectivity index (χ0v) is 29.4. The fourth-order valence-corrected chi connectivity index (χ4v) is 9.70. The van der Waals surface area contributed by atoms with Crippen LogP contribution in [0.4, 0.5) is 0 Å². The van der Waals surface area contributed by atoms with Crippen LogP contribution in [0.3, 0.4) is 0 Å². The molecule has 0 aromatic heterocycles. The molecule has 1 N–H and O–H groups in total. The third kappa shape index (κ3) is 8.21. The minimum absolute atomic E-state index is 0.159. The number of Topliss-reactive ketones (excluding diaryl/α,β-unsaturated/α-hetero) is 2. The summed E-state index contributed by atoms with van der Waals surface area (Å²) in [5.74, 6) is 3.25. The van der Waals surface area contributed by atoms with Crippen molar-refractivity contribution in [2.24, 2.45) is 29.1 Å². The molecule has 6 rings (SSSR count). The highest BCUT2D eigenvalue weighted by molar-refractivity contribution is 5.98. The molecule has 4 aliphatic rings. The Morgan fingerprint density at radius 2 is 1.55 bits per heavy atom. The number of rotatable bonds is 9. The molecule has 6 atom stereocenters. The average molecular weight is 635 g/mol. The van der Waals surface area contributed by atoms with Gasteiger partial charge in [-0.1, -0.05) is 55.3 Å². The Morgan fingerprint density at radius 1 is 0.830 bits per heavy atom. The van der Waals surface area contributed by atoms with E-state index in [1.54, 1.807) is 0 Å². The number of allylic oxidation sites excluding steroid dienone is 4. The molecule has 252 valence electrons. The number of carbonyl (C=O) groups excluding carboxylic acids is 2. The van der Waals surface area contributed by atoms with Gasteiger partial charge in [-0.25, -0.2) is 0 Å². The zero-order chi connectivity index (χ0) is 33.0. The first-order valence-electron chi connectivity index (χ1n) is 19.0. The Hall–Kier alpha value is -2.94. The molecule has 0 heterocycles. The molecular weight excluding hydrogens is 576 g/mol. The molecule has 0 radical (unpaired) electrons. The van der Waals surface area contributed by atoms with Crippen LogP contribution >= 0.6 is 0 Å². The van der Waals surface area contributed by atoms with Crippen LogP contribution in [0.15, 0.2) is 60.2 Å². The van der Waals surface area contributed by atoms with Crippen molar-refractivity contribution in [1.82, 2.24) is 0 Å². The molecule has 6 unspecified atom stereocenters. The lowest BCUT2D eigenvalue weighted by atomic mass is 9.73. The van der Waals surface area contributed by atoms with E-state index in [0.29, 0.717) is 59.2 Å². The lowest BCUT2D eigenvalue weighted by Gasteiger charge is -2.32. The van der Waals surface area contributed by atoms with Crippen molar-refractivity contribution in [3.05, 3.63) is 88.0 Å². The van der Waals surface area contributed by atoms with E-state index >= 15 is 0 Å². The molecule has 2 aromatic rings. The SMILES string of the molecule is CC=CC(=CC)C1CCCC2(CCCC(C(=O)c3ccc4c(c3)CCC(CC(=O)CC3CC3c3ccc(C)c(O)c3)CC4)CC2)CC1. The maximum absolute atomic E-state index is 13.9. The molecule has 0 bridgehead atoms. The molecule has 1 spiro atoms. The van der Waals surface area contributed by atoms with Crippen molar-refractivity contribution < 1.29 is 14.7 Å². The number of hydrogen-bond acceptors (Lipinski definition) is 3. The first-order chi connectivity index (χ1) is 22.8. The summed E-state index contributed by atoms with van der Waals surface area (Å²) in [7, 11) is 0. The Balaban J connectivity index is 0.998. The first kappa shape index (κ1) is 33.9. The van der Waals surface area contributed by atoms with Crippen molar-refractivity contribution in [2.75, 3.05) is 0 Å². The molecule has 3 heteroatoms. The highest BCUT2D eigenvalue weighted by Crippen LogP contribution is 2.51. The van der Waals surface area contributed by atoms with Crippen LogP contribution in [0.1, 0.15) is 149 Å². The summed E-state index contributed by atoms with van der Waals surface area (Å²) in [5, 5.41) is 10.1. The van der Waals surface area contributed by atoms with Crippen molar-refractivity contribution in [3.8, 4) is 5.75 Å². The Bertz CT molecular complexity index is 1500. The number of carbonyl (C=O) groups is 2. The lowest BCUT2D eigenvalue weighted by molar-refractivity contribution is -0.120. The predicted octanol–water partition coefficient (Wildman–Crippen LogP) is 11.2. The summed E-state index contributed by atoms with van der Waals surface area (Å²) in [6.45, 7) is 6.23. The number of ketones is 2. The number of hydrogen-bond donors (Lipinski definition) is 1. The molecule has 3 fully saturated rings. The average Bonchev–Trinajstić information content (AvgIpc) is 3.90. The van der Waals surface area contributed by atoms with Gasteiger partial charge in [0.25, 0.3) is 0 Å². The minimum atomic E-state index is 0.159. The monoisotopic (exact) mass is 634 g/mol. The summed E-state index contributed by atoms with van der Waals surface area (Å²) in [6, 6.07) is 12.5. The molecule has 47 heavy (non-hydrogen) atoms. The summed E-state index contributed by atoms with van der Waals surface area (Å²) in [4.78, 5) is 27.0. The molecule has 3 nitrogen and oxygen atoms in total. The van der Waals surface area contributed by atoms with E-state index in [0.717, 1.165) is 56.1 Å². The second-order valence-electron chi connectivity index (χ2n) is 15.9. The Kier molecular flexibility index (Phi) is 10.9. The van der Waals surface area contributed by atoms with E-state index in [9.17, 15) is 14.7 Å². The number of fused-ring (bicyclic) bond motifs is 1. The van der Waals surface area contributed by atoms with E-state index in [1.165, 1.54) is 73.6 Å². The highest BCUT2D eigenvalue weighted by atomic mass is 16.3. The van der Waals surface area contributed by atoms with Gasteiger partial charge in [0.15, 0.2) is 5.78 Å². The van der Waals surface area contributed by atoms with Gasteiger partial charge in [-0.3, -0.25) is 9.59 Å². The molecule has 4 aliphatic carbocycles. The number of aromatic hydroxyl groups is 1. The topological polar surface area (TPSA) is 54.4 Å². The predicted molar refractivity (Wildman–Crippen MR) is 193 cm³/mol. The molecule has 0 aliphatic heterocycles. The first-order valence-corrected chi connectivity index (χ1v) is 19.0. The summed E-state index contributed by atoms with van der Waals surface area (Å²) in [6.07, 6.45) is 25.6. The van der Waals surface area contributed by atoms with Gasteiger partial charge in [0.2, 0.25) is 0 Å². The van der Waals surface area contributed by atoms with Gasteiger partial charge in [-0.05, 0) is 173 Å². The fourth-order valence-electron chi connectivity index (χ4n) is 9.70. The Morgan fingerprint density at radius 3 is 2.28 bits per heavy atom. The molecule has 3 saturated carbocycles. The second-order valence-corrected chi connectivity index (χ2v) is 15.9. The third-order valence-corrected chi connectivity index (χ3v) is 12.8. The Labute approximate surface area is 284 Å².